The normalized spacial score (nSPS) is 10.8. The van der Waals surface area contributed by atoms with Gasteiger partial charge in [0.15, 0.2) is 5.11 Å². The Kier molecular flexibility index (Phi) is 6.34. The number of rotatable bonds is 2. The minimum atomic E-state index is -0.567. The third-order valence-electron chi connectivity index (χ3n) is 3.44. The molecule has 26 heavy (non-hydrogen) atoms. The second-order valence-corrected chi connectivity index (χ2v) is 7.42. The Morgan fingerprint density at radius 1 is 0.962 bits per heavy atom. The number of hydrogen-bond donors (Lipinski definition) is 2. The zero-order valence-electron chi connectivity index (χ0n) is 14.7. The summed E-state index contributed by atoms with van der Waals surface area (Å²) < 4.78 is 0. The van der Waals surface area contributed by atoms with Gasteiger partial charge < -0.3 is 0 Å². The van der Waals surface area contributed by atoms with Gasteiger partial charge in [-0.05, 0) is 69.4 Å². The van der Waals surface area contributed by atoms with Gasteiger partial charge >= 0.3 is 0 Å². The molecule has 136 valence electrons. The van der Waals surface area contributed by atoms with E-state index in [2.05, 4.69) is 10.7 Å². The van der Waals surface area contributed by atoms with E-state index in [4.69, 9.17) is 23.8 Å². The van der Waals surface area contributed by atoms with Crippen molar-refractivity contribution in [2.75, 3.05) is 0 Å². The van der Waals surface area contributed by atoms with Crippen LogP contribution < -0.4 is 10.7 Å². The molecule has 0 aromatic heterocycles. The van der Waals surface area contributed by atoms with Crippen molar-refractivity contribution < 1.29 is 9.59 Å². The lowest BCUT2D eigenvalue weighted by molar-refractivity contribution is 0.0493. The lowest BCUT2D eigenvalue weighted by atomic mass is 10.1. The standard InChI is InChI=1S/C19H20ClN3O2S/c1-19(2,3)23(17(25)14-7-5-4-6-8-14)22-18(26)21-16(24)13-9-11-15(20)12-10-13/h4-12H,1-3H3,(H2,21,22,24,26). The third kappa shape index (κ3) is 5.28. The van der Waals surface area contributed by atoms with Crippen molar-refractivity contribution in [3.8, 4) is 0 Å². The molecule has 0 aliphatic heterocycles. The quantitative estimate of drug-likeness (QED) is 0.605. The molecule has 0 saturated carbocycles. The van der Waals surface area contributed by atoms with E-state index in [1.54, 1.807) is 48.5 Å². The summed E-state index contributed by atoms with van der Waals surface area (Å²) in [7, 11) is 0. The van der Waals surface area contributed by atoms with Crippen molar-refractivity contribution in [3.63, 3.8) is 0 Å². The summed E-state index contributed by atoms with van der Waals surface area (Å²) in [6.07, 6.45) is 0. The summed E-state index contributed by atoms with van der Waals surface area (Å²) in [5.41, 5.74) is 3.18. The Balaban J connectivity index is 2.10. The number of amides is 2. The molecule has 2 N–H and O–H groups in total. The smallest absolute Gasteiger partial charge is 0.272 e. The van der Waals surface area contributed by atoms with Crippen molar-refractivity contribution in [1.29, 1.82) is 0 Å². The number of carbonyl (C=O) groups is 2. The number of nitrogens with one attached hydrogen (secondary N) is 2. The van der Waals surface area contributed by atoms with E-state index in [9.17, 15) is 9.59 Å². The first kappa shape index (κ1) is 19.9. The van der Waals surface area contributed by atoms with Crippen LogP contribution in [0, 0.1) is 0 Å². The lowest BCUT2D eigenvalue weighted by Gasteiger charge is -2.36. The highest BCUT2D eigenvalue weighted by Gasteiger charge is 2.28. The van der Waals surface area contributed by atoms with E-state index in [1.165, 1.54) is 5.01 Å². The molecule has 2 rings (SSSR count). The second-order valence-electron chi connectivity index (χ2n) is 6.58. The minimum Gasteiger partial charge on any atom is -0.298 e. The monoisotopic (exact) mass is 389 g/mol. The van der Waals surface area contributed by atoms with Gasteiger partial charge in [0.1, 0.15) is 0 Å². The Hall–Kier alpha value is -2.44. The van der Waals surface area contributed by atoms with E-state index in [1.807, 2.05) is 26.8 Å². The summed E-state index contributed by atoms with van der Waals surface area (Å²) in [6.45, 7) is 5.60. The molecule has 0 aliphatic carbocycles. The summed E-state index contributed by atoms with van der Waals surface area (Å²) in [6, 6.07) is 15.3. The van der Waals surface area contributed by atoms with E-state index in [0.717, 1.165) is 0 Å². The third-order valence-corrected chi connectivity index (χ3v) is 3.89. The molecule has 0 bridgehead atoms. The van der Waals surface area contributed by atoms with E-state index >= 15 is 0 Å². The van der Waals surface area contributed by atoms with Crippen LogP contribution in [0.2, 0.25) is 5.02 Å². The van der Waals surface area contributed by atoms with Crippen LogP contribution in [0.15, 0.2) is 54.6 Å². The molecule has 0 atom stereocenters. The number of hydrogen-bond acceptors (Lipinski definition) is 3. The highest BCUT2D eigenvalue weighted by atomic mass is 35.5. The zero-order chi connectivity index (χ0) is 19.3. The van der Waals surface area contributed by atoms with E-state index in [-0.39, 0.29) is 16.9 Å². The molecular weight excluding hydrogens is 370 g/mol. The van der Waals surface area contributed by atoms with Gasteiger partial charge in [0, 0.05) is 16.1 Å². The molecule has 2 amide bonds. The molecule has 0 aliphatic rings. The van der Waals surface area contributed by atoms with Gasteiger partial charge in [-0.1, -0.05) is 29.8 Å². The molecule has 0 heterocycles. The highest BCUT2D eigenvalue weighted by Crippen LogP contribution is 2.15. The molecule has 7 heteroatoms. The SMILES string of the molecule is CC(C)(C)N(NC(=S)NC(=O)c1ccc(Cl)cc1)C(=O)c1ccccc1. The predicted molar refractivity (Wildman–Crippen MR) is 107 cm³/mol. The largest absolute Gasteiger partial charge is 0.298 e. The van der Waals surface area contributed by atoms with Gasteiger partial charge in [0.25, 0.3) is 11.8 Å². The number of thiocarbonyl (C=S) groups is 1. The first-order valence-electron chi connectivity index (χ1n) is 7.95. The average molecular weight is 390 g/mol. The van der Waals surface area contributed by atoms with Crippen LogP contribution in [0.4, 0.5) is 0 Å². The number of benzene rings is 2. The fourth-order valence-corrected chi connectivity index (χ4v) is 2.45. The van der Waals surface area contributed by atoms with Crippen LogP contribution in [0.5, 0.6) is 0 Å². The number of halogens is 1. The average Bonchev–Trinajstić information content (AvgIpc) is 2.59. The van der Waals surface area contributed by atoms with Crippen molar-refractivity contribution in [1.82, 2.24) is 15.8 Å². The minimum absolute atomic E-state index is 0.0316. The van der Waals surface area contributed by atoms with Gasteiger partial charge in [-0.2, -0.15) is 0 Å². The predicted octanol–water partition coefficient (Wildman–Crippen LogP) is 3.80. The molecule has 0 spiro atoms. The van der Waals surface area contributed by atoms with Crippen molar-refractivity contribution in [2.45, 2.75) is 26.3 Å². The fraction of sp³-hybridized carbons (Fsp3) is 0.211. The Bertz CT molecular complexity index is 802. The van der Waals surface area contributed by atoms with Crippen LogP contribution in [-0.2, 0) is 0 Å². The Morgan fingerprint density at radius 2 is 1.54 bits per heavy atom. The van der Waals surface area contributed by atoms with Crippen LogP contribution in [-0.4, -0.2) is 27.5 Å². The van der Waals surface area contributed by atoms with Crippen LogP contribution in [0.25, 0.3) is 0 Å². The van der Waals surface area contributed by atoms with Crippen LogP contribution in [0.3, 0.4) is 0 Å². The van der Waals surface area contributed by atoms with E-state index < -0.39 is 5.54 Å². The summed E-state index contributed by atoms with van der Waals surface area (Å²) in [5, 5.41) is 4.53. The molecule has 2 aromatic carbocycles. The van der Waals surface area contributed by atoms with Gasteiger partial charge in [0.05, 0.1) is 5.54 Å². The van der Waals surface area contributed by atoms with Crippen molar-refractivity contribution >= 4 is 40.7 Å². The number of hydrazine groups is 1. The van der Waals surface area contributed by atoms with Gasteiger partial charge in [0.2, 0.25) is 0 Å². The molecule has 0 unspecified atom stereocenters. The molecular formula is C19H20ClN3O2S. The topological polar surface area (TPSA) is 61.4 Å². The number of nitrogens with zero attached hydrogens (tertiary/aromatic N) is 1. The van der Waals surface area contributed by atoms with Crippen LogP contribution >= 0.6 is 23.8 Å². The first-order chi connectivity index (χ1) is 12.2. The summed E-state index contributed by atoms with van der Waals surface area (Å²) >= 11 is 11.0. The maximum Gasteiger partial charge on any atom is 0.272 e. The first-order valence-corrected chi connectivity index (χ1v) is 8.74. The molecule has 0 fully saturated rings. The van der Waals surface area contributed by atoms with Crippen molar-refractivity contribution in [3.05, 3.63) is 70.7 Å². The summed E-state index contributed by atoms with van der Waals surface area (Å²) in [4.78, 5) is 25.0. The maximum absolute atomic E-state index is 12.8. The zero-order valence-corrected chi connectivity index (χ0v) is 16.3. The molecule has 0 saturated heterocycles. The molecule has 0 radical (unpaired) electrons. The Labute approximate surface area is 163 Å². The highest BCUT2D eigenvalue weighted by molar-refractivity contribution is 7.80. The summed E-state index contributed by atoms with van der Waals surface area (Å²) in [5.74, 6) is -0.638. The van der Waals surface area contributed by atoms with Gasteiger partial charge in [-0.25, -0.2) is 5.01 Å². The fourth-order valence-electron chi connectivity index (χ4n) is 2.14. The lowest BCUT2D eigenvalue weighted by Crippen LogP contribution is -2.58. The number of carbonyl (C=O) groups excluding carboxylic acids is 2. The van der Waals surface area contributed by atoms with E-state index in [0.29, 0.717) is 16.1 Å². The molecule has 2 aromatic rings. The maximum atomic E-state index is 12.8. The van der Waals surface area contributed by atoms with Gasteiger partial charge in [-0.15, -0.1) is 0 Å². The van der Waals surface area contributed by atoms with Gasteiger partial charge in [-0.3, -0.25) is 20.3 Å². The van der Waals surface area contributed by atoms with Crippen molar-refractivity contribution in [2.24, 2.45) is 0 Å². The second kappa shape index (κ2) is 8.29. The van der Waals surface area contributed by atoms with Crippen LogP contribution in [0.1, 0.15) is 41.5 Å². The molecule has 5 nitrogen and oxygen atoms in total. The Morgan fingerprint density at radius 3 is 2.08 bits per heavy atom.